The van der Waals surface area contributed by atoms with Gasteiger partial charge in [0.25, 0.3) is 0 Å². The quantitative estimate of drug-likeness (QED) is 0.315. The molecule has 0 fully saturated rings. The fourth-order valence-electron chi connectivity index (χ4n) is 3.52. The molecule has 0 spiro atoms. The van der Waals surface area contributed by atoms with Gasteiger partial charge in [-0.15, -0.1) is 0 Å². The lowest BCUT2D eigenvalue weighted by atomic mass is 10.1. The Bertz CT molecular complexity index is 1160. The summed E-state index contributed by atoms with van der Waals surface area (Å²) in [6, 6.07) is 25.8. The van der Waals surface area contributed by atoms with Crippen molar-refractivity contribution in [2.45, 2.75) is 19.0 Å². The van der Waals surface area contributed by atoms with E-state index in [0.29, 0.717) is 25.1 Å². The molecular weight excluding hydrogens is 441 g/mol. The third-order valence-corrected chi connectivity index (χ3v) is 5.20. The lowest BCUT2D eigenvalue weighted by Crippen LogP contribution is -2.29. The molecule has 174 valence electrons. The van der Waals surface area contributed by atoms with Gasteiger partial charge in [0.15, 0.2) is 0 Å². The number of nitrogens with one attached hydrogen (secondary N) is 2. The number of nitrogens with zero attached hydrogens (tertiary/aromatic N) is 2. The average Bonchev–Trinajstić information content (AvgIpc) is 3.27. The Morgan fingerprint density at radius 2 is 1.53 bits per heavy atom. The molecule has 0 unspecified atom stereocenters. The minimum absolute atomic E-state index is 0.291. The van der Waals surface area contributed by atoms with Gasteiger partial charge in [-0.3, -0.25) is 0 Å². The number of hydrogen-bond donors (Lipinski definition) is 2. The number of amides is 2. The Balaban J connectivity index is 1.34. The Morgan fingerprint density at radius 3 is 2.18 bits per heavy atom. The zero-order valence-corrected chi connectivity index (χ0v) is 18.2. The van der Waals surface area contributed by atoms with E-state index in [9.17, 15) is 18.0 Å². The van der Waals surface area contributed by atoms with E-state index in [1.165, 1.54) is 12.1 Å². The lowest BCUT2D eigenvalue weighted by Gasteiger charge is -2.09. The number of hydrogen-bond acceptors (Lipinski definition) is 2. The van der Waals surface area contributed by atoms with Gasteiger partial charge < -0.3 is 10.6 Å². The van der Waals surface area contributed by atoms with E-state index in [1.54, 1.807) is 0 Å². The van der Waals surface area contributed by atoms with Crippen LogP contribution in [0.1, 0.15) is 17.7 Å². The number of para-hydroxylation sites is 1. The summed E-state index contributed by atoms with van der Waals surface area (Å²) in [6.07, 6.45) is -3.10. The molecule has 34 heavy (non-hydrogen) atoms. The van der Waals surface area contributed by atoms with Crippen molar-refractivity contribution in [2.75, 3.05) is 11.9 Å². The molecule has 4 rings (SSSR count). The van der Waals surface area contributed by atoms with Gasteiger partial charge in [0, 0.05) is 17.8 Å². The third-order valence-electron chi connectivity index (χ3n) is 5.20. The fraction of sp³-hybridized carbons (Fsp3) is 0.154. The minimum Gasteiger partial charge on any atom is -0.338 e. The predicted molar refractivity (Wildman–Crippen MR) is 126 cm³/mol. The van der Waals surface area contributed by atoms with Crippen molar-refractivity contribution in [1.29, 1.82) is 0 Å². The van der Waals surface area contributed by atoms with Gasteiger partial charge in [0.1, 0.15) is 0 Å². The van der Waals surface area contributed by atoms with E-state index in [-0.39, 0.29) is 0 Å². The van der Waals surface area contributed by atoms with Crippen LogP contribution in [0.3, 0.4) is 0 Å². The summed E-state index contributed by atoms with van der Waals surface area (Å²) in [4.78, 5) is 12.1. The largest absolute Gasteiger partial charge is 0.416 e. The minimum atomic E-state index is -4.41. The van der Waals surface area contributed by atoms with Crippen molar-refractivity contribution < 1.29 is 18.0 Å². The van der Waals surface area contributed by atoms with Crippen LogP contribution in [0.2, 0.25) is 0 Å². The van der Waals surface area contributed by atoms with Crippen LogP contribution in [0.4, 0.5) is 23.7 Å². The van der Waals surface area contributed by atoms with E-state index in [0.717, 1.165) is 34.8 Å². The number of aryl methyl sites for hydroxylation is 1. The highest BCUT2D eigenvalue weighted by atomic mass is 19.4. The first-order valence-corrected chi connectivity index (χ1v) is 10.8. The van der Waals surface area contributed by atoms with Crippen LogP contribution in [0.5, 0.6) is 0 Å². The number of carbonyl (C=O) groups excluding carboxylic acids is 1. The molecule has 0 aliphatic carbocycles. The van der Waals surface area contributed by atoms with Crippen molar-refractivity contribution in [3.05, 3.63) is 102 Å². The summed E-state index contributed by atoms with van der Waals surface area (Å²) < 4.78 is 39.8. The maximum Gasteiger partial charge on any atom is 0.416 e. The molecule has 0 saturated carbocycles. The van der Waals surface area contributed by atoms with E-state index >= 15 is 0 Å². The molecule has 0 radical (unpaired) electrons. The zero-order valence-electron chi connectivity index (χ0n) is 18.2. The molecule has 4 aromatic rings. The van der Waals surface area contributed by atoms with E-state index in [1.807, 2.05) is 71.4 Å². The number of carbonyl (C=O) groups is 1. The van der Waals surface area contributed by atoms with Crippen molar-refractivity contribution >= 4 is 11.7 Å². The molecule has 1 heterocycles. The predicted octanol–water partition coefficient (Wildman–Crippen LogP) is 6.31. The molecule has 0 aliphatic heterocycles. The molecule has 0 bridgehead atoms. The van der Waals surface area contributed by atoms with Crippen LogP contribution in [0.15, 0.2) is 91.0 Å². The molecule has 3 aromatic carbocycles. The van der Waals surface area contributed by atoms with Gasteiger partial charge in [-0.05, 0) is 55.3 Å². The van der Waals surface area contributed by atoms with Crippen LogP contribution < -0.4 is 10.6 Å². The normalized spacial score (nSPS) is 11.3. The Labute approximate surface area is 195 Å². The molecule has 5 nitrogen and oxygen atoms in total. The van der Waals surface area contributed by atoms with Crippen LogP contribution in [0.25, 0.3) is 16.9 Å². The highest BCUT2D eigenvalue weighted by Crippen LogP contribution is 2.29. The van der Waals surface area contributed by atoms with Crippen LogP contribution in [0, 0.1) is 0 Å². The Kier molecular flexibility index (Phi) is 6.96. The molecule has 0 atom stereocenters. The highest BCUT2D eigenvalue weighted by molar-refractivity contribution is 5.89. The lowest BCUT2D eigenvalue weighted by molar-refractivity contribution is -0.137. The Hall–Kier alpha value is -4.07. The number of benzene rings is 3. The standard InChI is InChI=1S/C26H23F3N4O/c27-26(28,29)20-13-15-21(16-14-20)31-25(34)30-17-7-10-22-18-24(19-8-3-1-4-9-19)33(32-22)23-11-5-2-6-12-23/h1-6,8-9,11-16,18H,7,10,17H2,(H2,30,31,34). The summed E-state index contributed by atoms with van der Waals surface area (Å²) in [6.45, 7) is 0.394. The average molecular weight is 464 g/mol. The maximum atomic E-state index is 12.6. The van der Waals surface area contributed by atoms with Gasteiger partial charge in [0.05, 0.1) is 22.6 Å². The van der Waals surface area contributed by atoms with Gasteiger partial charge in [0.2, 0.25) is 0 Å². The molecule has 2 amide bonds. The van der Waals surface area contributed by atoms with Crippen molar-refractivity contribution in [3.63, 3.8) is 0 Å². The molecule has 2 N–H and O–H groups in total. The van der Waals surface area contributed by atoms with E-state index < -0.39 is 17.8 Å². The summed E-state index contributed by atoms with van der Waals surface area (Å²) in [5.41, 5.74) is 3.42. The van der Waals surface area contributed by atoms with Gasteiger partial charge in [-0.1, -0.05) is 48.5 Å². The first-order valence-electron chi connectivity index (χ1n) is 10.8. The van der Waals surface area contributed by atoms with Gasteiger partial charge >= 0.3 is 12.2 Å². The number of anilines is 1. The summed E-state index contributed by atoms with van der Waals surface area (Å²) in [5.74, 6) is 0. The SMILES string of the molecule is O=C(NCCCc1cc(-c2ccccc2)n(-c2ccccc2)n1)Nc1ccc(C(F)(F)F)cc1. The van der Waals surface area contributed by atoms with Gasteiger partial charge in [-0.2, -0.15) is 18.3 Å². The second-order valence-electron chi connectivity index (χ2n) is 7.69. The topological polar surface area (TPSA) is 59.0 Å². The number of urea groups is 1. The van der Waals surface area contributed by atoms with Crippen molar-refractivity contribution in [1.82, 2.24) is 15.1 Å². The Morgan fingerprint density at radius 1 is 0.882 bits per heavy atom. The van der Waals surface area contributed by atoms with Crippen LogP contribution in [-0.4, -0.2) is 22.4 Å². The zero-order chi connectivity index (χ0) is 24.0. The highest BCUT2D eigenvalue weighted by Gasteiger charge is 2.29. The van der Waals surface area contributed by atoms with E-state index in [4.69, 9.17) is 5.10 Å². The van der Waals surface area contributed by atoms with Crippen LogP contribution in [-0.2, 0) is 12.6 Å². The molecule has 0 saturated heterocycles. The monoisotopic (exact) mass is 464 g/mol. The second kappa shape index (κ2) is 10.2. The summed E-state index contributed by atoms with van der Waals surface area (Å²) in [5, 5.41) is 10.0. The number of aromatic nitrogens is 2. The van der Waals surface area contributed by atoms with Gasteiger partial charge in [-0.25, -0.2) is 9.48 Å². The first kappa shape index (κ1) is 23.1. The second-order valence-corrected chi connectivity index (χ2v) is 7.69. The fourth-order valence-corrected chi connectivity index (χ4v) is 3.52. The number of halogens is 3. The van der Waals surface area contributed by atoms with Crippen molar-refractivity contribution in [3.8, 4) is 16.9 Å². The maximum absolute atomic E-state index is 12.6. The molecule has 1 aromatic heterocycles. The van der Waals surface area contributed by atoms with Crippen molar-refractivity contribution in [2.24, 2.45) is 0 Å². The van der Waals surface area contributed by atoms with Crippen LogP contribution >= 0.6 is 0 Å². The van der Waals surface area contributed by atoms with E-state index in [2.05, 4.69) is 10.6 Å². The molecular formula is C26H23F3N4O. The third kappa shape index (κ3) is 5.83. The molecule has 8 heteroatoms. The summed E-state index contributed by atoms with van der Waals surface area (Å²) in [7, 11) is 0. The smallest absolute Gasteiger partial charge is 0.338 e. The first-order chi connectivity index (χ1) is 16.4. The number of rotatable bonds is 7. The summed E-state index contributed by atoms with van der Waals surface area (Å²) >= 11 is 0. The molecule has 0 aliphatic rings. The number of alkyl halides is 3.